The van der Waals surface area contributed by atoms with E-state index in [1.54, 1.807) is 18.2 Å². The number of benzene rings is 2. The summed E-state index contributed by atoms with van der Waals surface area (Å²) < 4.78 is 41.1. The molecule has 0 spiro atoms. The average Bonchev–Trinajstić information content (AvgIpc) is 3.00. The second kappa shape index (κ2) is 7.51. The van der Waals surface area contributed by atoms with Gasteiger partial charge in [0.2, 0.25) is 0 Å². The number of rotatable bonds is 7. The predicted molar refractivity (Wildman–Crippen MR) is 99.3 cm³/mol. The van der Waals surface area contributed by atoms with E-state index < -0.39 is 16.7 Å². The molecule has 0 unspecified atom stereocenters. The summed E-state index contributed by atoms with van der Waals surface area (Å²) in [6.45, 7) is -0.872. The van der Waals surface area contributed by atoms with Crippen LogP contribution in [0, 0.1) is 0 Å². The summed E-state index contributed by atoms with van der Waals surface area (Å²) >= 11 is 1.29. The Kier molecular flexibility index (Phi) is 5.36. The van der Waals surface area contributed by atoms with Gasteiger partial charge in [0.25, 0.3) is 10.0 Å². The lowest BCUT2D eigenvalue weighted by molar-refractivity contribution is 0.284. The van der Waals surface area contributed by atoms with Crippen molar-refractivity contribution in [3.63, 3.8) is 0 Å². The molecule has 0 amide bonds. The van der Waals surface area contributed by atoms with Gasteiger partial charge in [-0.2, -0.15) is 0 Å². The van der Waals surface area contributed by atoms with Crippen molar-refractivity contribution in [1.29, 1.82) is 0 Å². The molecule has 1 N–H and O–H groups in total. The Bertz CT molecular complexity index is 955. The number of halogens is 1. The molecular formula is C18H18FNO3S2. The van der Waals surface area contributed by atoms with Gasteiger partial charge in [-0.1, -0.05) is 36.4 Å². The fraction of sp³-hybridized carbons (Fsp3) is 0.222. The number of alkyl halides is 1. The van der Waals surface area contributed by atoms with Gasteiger partial charge in [-0.05, 0) is 24.6 Å². The zero-order valence-corrected chi connectivity index (χ0v) is 15.1. The van der Waals surface area contributed by atoms with E-state index in [0.29, 0.717) is 10.6 Å². The van der Waals surface area contributed by atoms with Crippen LogP contribution >= 0.6 is 11.3 Å². The van der Waals surface area contributed by atoms with Gasteiger partial charge in [0.15, 0.2) is 0 Å². The molecule has 0 radical (unpaired) electrons. The van der Waals surface area contributed by atoms with Crippen LogP contribution in [-0.2, 0) is 16.6 Å². The Hall–Kier alpha value is -1.96. The van der Waals surface area contributed by atoms with Gasteiger partial charge in [0.05, 0.1) is 18.2 Å². The largest absolute Gasteiger partial charge is 0.392 e. The summed E-state index contributed by atoms with van der Waals surface area (Å²) in [5.74, 6) is 0. The van der Waals surface area contributed by atoms with Gasteiger partial charge in [0, 0.05) is 22.2 Å². The molecule has 132 valence electrons. The Labute approximate surface area is 150 Å². The van der Waals surface area contributed by atoms with E-state index in [9.17, 15) is 17.9 Å². The zero-order chi connectivity index (χ0) is 17.9. The monoisotopic (exact) mass is 379 g/mol. The molecule has 4 nitrogen and oxygen atoms in total. The van der Waals surface area contributed by atoms with Crippen LogP contribution in [0.25, 0.3) is 10.1 Å². The van der Waals surface area contributed by atoms with Crippen molar-refractivity contribution < 1.29 is 17.9 Å². The summed E-state index contributed by atoms with van der Waals surface area (Å²) in [5.41, 5.74) is 0.555. The maximum absolute atomic E-state index is 13.1. The van der Waals surface area contributed by atoms with Crippen LogP contribution in [0.15, 0.2) is 59.5 Å². The molecule has 0 aliphatic heterocycles. The minimum absolute atomic E-state index is 0.0214. The molecule has 0 aliphatic carbocycles. The number of anilines is 1. The van der Waals surface area contributed by atoms with Crippen molar-refractivity contribution in [2.45, 2.75) is 17.9 Å². The van der Waals surface area contributed by atoms with Gasteiger partial charge >= 0.3 is 0 Å². The van der Waals surface area contributed by atoms with Crippen LogP contribution in [0.5, 0.6) is 0 Å². The lowest BCUT2D eigenvalue weighted by atomic mass is 10.2. The zero-order valence-electron chi connectivity index (χ0n) is 13.4. The van der Waals surface area contributed by atoms with E-state index in [1.165, 1.54) is 27.8 Å². The Morgan fingerprint density at radius 3 is 2.40 bits per heavy atom. The Morgan fingerprint density at radius 2 is 1.72 bits per heavy atom. The van der Waals surface area contributed by atoms with Gasteiger partial charge in [-0.3, -0.25) is 8.70 Å². The highest BCUT2D eigenvalue weighted by molar-refractivity contribution is 7.93. The van der Waals surface area contributed by atoms with E-state index >= 15 is 0 Å². The van der Waals surface area contributed by atoms with E-state index in [-0.39, 0.29) is 24.5 Å². The number of aliphatic hydroxyl groups excluding tert-OH is 1. The molecule has 0 aliphatic rings. The SMILES string of the molecule is O=S(=O)(c1ccccc1)N(CCCF)c1sc2ccccc2c1CO. The molecule has 3 rings (SSSR count). The highest BCUT2D eigenvalue weighted by Gasteiger charge is 2.28. The maximum Gasteiger partial charge on any atom is 0.264 e. The van der Waals surface area contributed by atoms with Crippen molar-refractivity contribution in [3.8, 4) is 0 Å². The minimum Gasteiger partial charge on any atom is -0.392 e. The average molecular weight is 379 g/mol. The van der Waals surface area contributed by atoms with Crippen LogP contribution in [0.2, 0.25) is 0 Å². The normalized spacial score (nSPS) is 11.8. The fourth-order valence-electron chi connectivity index (χ4n) is 2.69. The molecule has 0 atom stereocenters. The summed E-state index contributed by atoms with van der Waals surface area (Å²) in [6.07, 6.45) is 0.0885. The van der Waals surface area contributed by atoms with Gasteiger partial charge in [-0.15, -0.1) is 11.3 Å². The number of thiophene rings is 1. The molecule has 1 heterocycles. The number of hydrogen-bond donors (Lipinski definition) is 1. The minimum atomic E-state index is -3.84. The first-order chi connectivity index (χ1) is 12.1. The topological polar surface area (TPSA) is 57.6 Å². The van der Waals surface area contributed by atoms with E-state index in [1.807, 2.05) is 24.3 Å². The molecule has 0 saturated heterocycles. The summed E-state index contributed by atoms with van der Waals surface area (Å²) in [4.78, 5) is 0.148. The molecule has 1 aromatic heterocycles. The number of nitrogens with zero attached hydrogens (tertiary/aromatic N) is 1. The van der Waals surface area contributed by atoms with Crippen molar-refractivity contribution in [2.75, 3.05) is 17.5 Å². The number of hydrogen-bond acceptors (Lipinski definition) is 4. The molecular weight excluding hydrogens is 361 g/mol. The predicted octanol–water partition coefficient (Wildman–Crippen LogP) is 3.95. The number of fused-ring (bicyclic) bond motifs is 1. The second-order valence-corrected chi connectivity index (χ2v) is 8.37. The quantitative estimate of drug-likeness (QED) is 0.676. The van der Waals surface area contributed by atoms with Crippen molar-refractivity contribution in [2.24, 2.45) is 0 Å². The van der Waals surface area contributed by atoms with Gasteiger partial charge in [-0.25, -0.2) is 8.42 Å². The van der Waals surface area contributed by atoms with Crippen molar-refractivity contribution in [1.82, 2.24) is 0 Å². The third kappa shape index (κ3) is 3.40. The molecule has 7 heteroatoms. The molecule has 0 bridgehead atoms. The standard InChI is InChI=1S/C18H18FNO3S2/c19-11-6-12-20(25(22,23)14-7-2-1-3-8-14)18-16(13-21)15-9-4-5-10-17(15)24-18/h1-5,7-10,21H,6,11-13H2. The second-order valence-electron chi connectivity index (χ2n) is 5.47. The van der Waals surface area contributed by atoms with Crippen molar-refractivity contribution in [3.05, 3.63) is 60.2 Å². The number of sulfonamides is 1. The molecule has 2 aromatic carbocycles. The molecule has 3 aromatic rings. The van der Waals surface area contributed by atoms with Gasteiger partial charge < -0.3 is 5.11 Å². The van der Waals surface area contributed by atoms with Crippen LogP contribution in [0.3, 0.4) is 0 Å². The first-order valence-electron chi connectivity index (χ1n) is 7.84. The summed E-state index contributed by atoms with van der Waals surface area (Å²) in [7, 11) is -3.84. The van der Waals surface area contributed by atoms with E-state index in [4.69, 9.17) is 0 Å². The fourth-order valence-corrected chi connectivity index (χ4v) is 5.70. The number of aliphatic hydroxyl groups is 1. The van der Waals surface area contributed by atoms with Crippen LogP contribution in [0.4, 0.5) is 9.39 Å². The summed E-state index contributed by atoms with van der Waals surface area (Å²) in [6, 6.07) is 15.5. The highest BCUT2D eigenvalue weighted by Crippen LogP contribution is 2.40. The smallest absolute Gasteiger partial charge is 0.264 e. The molecule has 0 fully saturated rings. The first kappa shape index (κ1) is 17.8. The van der Waals surface area contributed by atoms with Crippen LogP contribution in [-0.4, -0.2) is 26.7 Å². The third-order valence-electron chi connectivity index (χ3n) is 3.89. The molecule has 0 saturated carbocycles. The van der Waals surface area contributed by atoms with Crippen molar-refractivity contribution >= 4 is 36.4 Å². The third-order valence-corrected chi connectivity index (χ3v) is 7.05. The lowest BCUT2D eigenvalue weighted by Gasteiger charge is -2.23. The summed E-state index contributed by atoms with van der Waals surface area (Å²) in [5, 5.41) is 11.1. The highest BCUT2D eigenvalue weighted by atomic mass is 32.2. The van der Waals surface area contributed by atoms with E-state index in [0.717, 1.165) is 10.1 Å². The first-order valence-corrected chi connectivity index (χ1v) is 10.1. The molecule has 25 heavy (non-hydrogen) atoms. The van der Waals surface area contributed by atoms with Gasteiger partial charge in [0.1, 0.15) is 5.00 Å². The Balaban J connectivity index is 2.17. The van der Waals surface area contributed by atoms with Crippen LogP contribution in [0.1, 0.15) is 12.0 Å². The maximum atomic E-state index is 13.1. The van der Waals surface area contributed by atoms with Crippen LogP contribution < -0.4 is 4.31 Å². The Morgan fingerprint density at radius 1 is 1.04 bits per heavy atom. The van der Waals surface area contributed by atoms with E-state index in [2.05, 4.69) is 0 Å². The lowest BCUT2D eigenvalue weighted by Crippen LogP contribution is -2.32.